The zero-order chi connectivity index (χ0) is 15.6. The predicted molar refractivity (Wildman–Crippen MR) is 78.1 cm³/mol. The first kappa shape index (κ1) is 15.5. The number of anilines is 2. The summed E-state index contributed by atoms with van der Waals surface area (Å²) in [5.41, 5.74) is -0.238. The van der Waals surface area contributed by atoms with E-state index in [-0.39, 0.29) is 21.3 Å². The molecular weight excluding hydrogens is 323 g/mol. The molecule has 0 aliphatic carbocycles. The Hall–Kier alpha value is -1.92. The zero-order valence-corrected chi connectivity index (χ0v) is 12.2. The SMILES string of the molecule is CNc1cc(C(=O)Nc2c(F)cc(F)cc2Cl)c(Cl)cn1. The van der Waals surface area contributed by atoms with Crippen LogP contribution >= 0.6 is 23.2 Å². The number of pyridine rings is 1. The fourth-order valence-electron chi connectivity index (χ4n) is 1.59. The molecule has 1 heterocycles. The summed E-state index contributed by atoms with van der Waals surface area (Å²) < 4.78 is 26.6. The number of amides is 1. The van der Waals surface area contributed by atoms with Crippen molar-refractivity contribution >= 4 is 40.6 Å². The smallest absolute Gasteiger partial charge is 0.257 e. The van der Waals surface area contributed by atoms with E-state index >= 15 is 0 Å². The van der Waals surface area contributed by atoms with Gasteiger partial charge in [-0.3, -0.25) is 4.79 Å². The Morgan fingerprint density at radius 2 is 1.90 bits per heavy atom. The minimum absolute atomic E-state index is 0.0795. The molecule has 0 atom stereocenters. The lowest BCUT2D eigenvalue weighted by molar-refractivity contribution is 0.102. The first-order valence-corrected chi connectivity index (χ1v) is 6.47. The fourth-order valence-corrected chi connectivity index (χ4v) is 2.02. The van der Waals surface area contributed by atoms with E-state index in [0.717, 1.165) is 6.07 Å². The molecule has 0 aliphatic heterocycles. The molecule has 0 radical (unpaired) electrons. The highest BCUT2D eigenvalue weighted by Gasteiger charge is 2.17. The molecule has 4 nitrogen and oxygen atoms in total. The second-order valence-electron chi connectivity index (χ2n) is 4.00. The second kappa shape index (κ2) is 6.24. The van der Waals surface area contributed by atoms with Gasteiger partial charge in [-0.05, 0) is 12.1 Å². The van der Waals surface area contributed by atoms with E-state index in [1.807, 2.05) is 0 Å². The van der Waals surface area contributed by atoms with Crippen LogP contribution in [-0.2, 0) is 0 Å². The van der Waals surface area contributed by atoms with Gasteiger partial charge in [0.15, 0.2) is 5.82 Å². The first-order valence-electron chi connectivity index (χ1n) is 5.71. The van der Waals surface area contributed by atoms with Gasteiger partial charge in [0, 0.05) is 19.3 Å². The number of hydrogen-bond donors (Lipinski definition) is 2. The van der Waals surface area contributed by atoms with Crippen molar-refractivity contribution in [3.63, 3.8) is 0 Å². The van der Waals surface area contributed by atoms with E-state index in [2.05, 4.69) is 15.6 Å². The summed E-state index contributed by atoms with van der Waals surface area (Å²) in [6.07, 6.45) is 1.28. The van der Waals surface area contributed by atoms with E-state index in [4.69, 9.17) is 23.2 Å². The molecule has 2 aromatic rings. The third-order valence-electron chi connectivity index (χ3n) is 2.60. The number of carbonyl (C=O) groups excluding carboxylic acids is 1. The van der Waals surface area contributed by atoms with Crippen molar-refractivity contribution in [1.82, 2.24) is 4.98 Å². The molecule has 0 aliphatic rings. The lowest BCUT2D eigenvalue weighted by atomic mass is 10.2. The van der Waals surface area contributed by atoms with Gasteiger partial charge in [-0.1, -0.05) is 23.2 Å². The number of rotatable bonds is 3. The van der Waals surface area contributed by atoms with Crippen molar-refractivity contribution < 1.29 is 13.6 Å². The van der Waals surface area contributed by atoms with Gasteiger partial charge in [0.1, 0.15) is 11.6 Å². The van der Waals surface area contributed by atoms with Crippen LogP contribution in [0.5, 0.6) is 0 Å². The van der Waals surface area contributed by atoms with E-state index in [1.165, 1.54) is 12.3 Å². The molecule has 2 rings (SSSR count). The fraction of sp³-hybridized carbons (Fsp3) is 0.0769. The summed E-state index contributed by atoms with van der Waals surface area (Å²) in [5.74, 6) is -2.09. The van der Waals surface area contributed by atoms with Gasteiger partial charge in [-0.2, -0.15) is 0 Å². The highest BCUT2D eigenvalue weighted by Crippen LogP contribution is 2.28. The lowest BCUT2D eigenvalue weighted by Crippen LogP contribution is -2.15. The summed E-state index contributed by atoms with van der Waals surface area (Å²) in [4.78, 5) is 16.0. The Bertz CT molecular complexity index is 687. The molecule has 110 valence electrons. The van der Waals surface area contributed by atoms with Crippen molar-refractivity contribution in [2.45, 2.75) is 0 Å². The summed E-state index contributed by atoms with van der Waals surface area (Å²) in [7, 11) is 1.62. The zero-order valence-electron chi connectivity index (χ0n) is 10.7. The molecule has 0 saturated heterocycles. The third-order valence-corrected chi connectivity index (χ3v) is 3.20. The van der Waals surface area contributed by atoms with Crippen molar-refractivity contribution in [2.24, 2.45) is 0 Å². The Kier molecular flexibility index (Phi) is 4.59. The van der Waals surface area contributed by atoms with Crippen molar-refractivity contribution in [1.29, 1.82) is 0 Å². The Morgan fingerprint density at radius 1 is 1.19 bits per heavy atom. The molecule has 1 amide bonds. The Morgan fingerprint density at radius 3 is 2.52 bits per heavy atom. The molecule has 0 bridgehead atoms. The molecule has 0 unspecified atom stereocenters. The number of carbonyl (C=O) groups is 1. The van der Waals surface area contributed by atoms with Crippen LogP contribution in [-0.4, -0.2) is 17.9 Å². The monoisotopic (exact) mass is 331 g/mol. The largest absolute Gasteiger partial charge is 0.373 e. The van der Waals surface area contributed by atoms with Crippen molar-refractivity contribution in [3.8, 4) is 0 Å². The summed E-state index contributed by atoms with van der Waals surface area (Å²) >= 11 is 11.6. The average molecular weight is 332 g/mol. The number of nitrogens with zero attached hydrogens (tertiary/aromatic N) is 1. The van der Waals surface area contributed by atoms with Crippen molar-refractivity contribution in [3.05, 3.63) is 51.6 Å². The van der Waals surface area contributed by atoms with Crippen LogP contribution in [0.15, 0.2) is 24.4 Å². The molecule has 1 aromatic carbocycles. The molecule has 2 N–H and O–H groups in total. The molecule has 0 fully saturated rings. The van der Waals surface area contributed by atoms with Crippen LogP contribution in [0, 0.1) is 11.6 Å². The maximum Gasteiger partial charge on any atom is 0.257 e. The van der Waals surface area contributed by atoms with Crippen molar-refractivity contribution in [2.75, 3.05) is 17.7 Å². The minimum atomic E-state index is -0.979. The van der Waals surface area contributed by atoms with Gasteiger partial charge in [0.25, 0.3) is 5.91 Å². The first-order chi connectivity index (χ1) is 9.92. The van der Waals surface area contributed by atoms with E-state index < -0.39 is 17.5 Å². The number of halogens is 4. The van der Waals surface area contributed by atoms with Gasteiger partial charge < -0.3 is 10.6 Å². The topological polar surface area (TPSA) is 54.0 Å². The van der Waals surface area contributed by atoms with Gasteiger partial charge in [-0.25, -0.2) is 13.8 Å². The van der Waals surface area contributed by atoms with Gasteiger partial charge in [-0.15, -0.1) is 0 Å². The predicted octanol–water partition coefficient (Wildman–Crippen LogP) is 3.96. The third kappa shape index (κ3) is 3.40. The van der Waals surface area contributed by atoms with E-state index in [0.29, 0.717) is 11.9 Å². The maximum atomic E-state index is 13.6. The summed E-state index contributed by atoms with van der Waals surface area (Å²) in [6, 6.07) is 2.91. The highest BCUT2D eigenvalue weighted by molar-refractivity contribution is 6.36. The van der Waals surface area contributed by atoms with Crippen LogP contribution in [0.3, 0.4) is 0 Å². The highest BCUT2D eigenvalue weighted by atomic mass is 35.5. The molecule has 0 saturated carbocycles. The standard InChI is InChI=1S/C13H9Cl2F2N3O/c1-18-11-4-7(9(15)5-19-11)13(21)20-12-8(14)2-6(16)3-10(12)17/h2-5H,1H3,(H,18,19)(H,20,21). The van der Waals surface area contributed by atoms with E-state index in [1.54, 1.807) is 7.05 Å². The molecule has 21 heavy (non-hydrogen) atoms. The van der Waals surface area contributed by atoms with Gasteiger partial charge in [0.05, 0.1) is 21.3 Å². The number of aromatic nitrogens is 1. The molecule has 8 heteroatoms. The van der Waals surface area contributed by atoms with Crippen LogP contribution < -0.4 is 10.6 Å². The summed E-state index contributed by atoms with van der Waals surface area (Å²) in [6.45, 7) is 0. The average Bonchev–Trinajstić information content (AvgIpc) is 2.43. The normalized spacial score (nSPS) is 10.3. The molecule has 1 aromatic heterocycles. The second-order valence-corrected chi connectivity index (χ2v) is 4.81. The summed E-state index contributed by atoms with van der Waals surface area (Å²) in [5, 5.41) is 4.84. The number of benzene rings is 1. The lowest BCUT2D eigenvalue weighted by Gasteiger charge is -2.10. The molecular formula is C13H9Cl2F2N3O. The van der Waals surface area contributed by atoms with Crippen LogP contribution in [0.2, 0.25) is 10.0 Å². The van der Waals surface area contributed by atoms with Crippen LogP contribution in [0.1, 0.15) is 10.4 Å². The maximum absolute atomic E-state index is 13.6. The minimum Gasteiger partial charge on any atom is -0.373 e. The van der Waals surface area contributed by atoms with Crippen LogP contribution in [0.4, 0.5) is 20.3 Å². The van der Waals surface area contributed by atoms with E-state index in [9.17, 15) is 13.6 Å². The number of nitrogens with one attached hydrogen (secondary N) is 2. The quantitative estimate of drug-likeness (QED) is 0.895. The van der Waals surface area contributed by atoms with Gasteiger partial charge >= 0.3 is 0 Å². The Labute approximate surface area is 129 Å². The Balaban J connectivity index is 2.35. The van der Waals surface area contributed by atoms with Crippen LogP contribution in [0.25, 0.3) is 0 Å². The molecule has 0 spiro atoms. The van der Waals surface area contributed by atoms with Gasteiger partial charge in [0.2, 0.25) is 0 Å². The number of hydrogen-bond acceptors (Lipinski definition) is 3.